The summed E-state index contributed by atoms with van der Waals surface area (Å²) in [6.07, 6.45) is 6.50. The van der Waals surface area contributed by atoms with E-state index in [-0.39, 0.29) is 17.3 Å². The van der Waals surface area contributed by atoms with E-state index in [1.165, 1.54) is 24.0 Å². The minimum Gasteiger partial charge on any atom is -0.509 e. The first kappa shape index (κ1) is 13.7. The molecule has 2 fully saturated rings. The second kappa shape index (κ2) is 4.52. The first-order chi connectivity index (χ1) is 10.0. The maximum atomic E-state index is 10.4. The van der Waals surface area contributed by atoms with Crippen LogP contribution in [-0.4, -0.2) is 24.2 Å². The zero-order valence-electron chi connectivity index (χ0n) is 12.7. The van der Waals surface area contributed by atoms with Gasteiger partial charge in [0.15, 0.2) is 0 Å². The molecule has 0 aliphatic heterocycles. The van der Waals surface area contributed by atoms with E-state index in [2.05, 4.69) is 6.92 Å². The third-order valence-corrected chi connectivity index (χ3v) is 6.82. The molecule has 2 saturated carbocycles. The van der Waals surface area contributed by atoms with E-state index in [0.717, 1.165) is 25.7 Å². The van der Waals surface area contributed by atoms with Gasteiger partial charge in [-0.25, -0.2) is 0 Å². The van der Waals surface area contributed by atoms with Crippen molar-refractivity contribution >= 4 is 13.3 Å². The fraction of sp³-hybridized carbons (Fsp3) is 0.667. The Morgan fingerprint density at radius 2 is 2.00 bits per heavy atom. The lowest BCUT2D eigenvalue weighted by atomic mass is 9.55. The number of aryl methyl sites for hydroxylation is 1. The fourth-order valence-corrected chi connectivity index (χ4v) is 5.60. The molecule has 4 rings (SSSR count). The van der Waals surface area contributed by atoms with E-state index in [1.54, 1.807) is 0 Å². The van der Waals surface area contributed by atoms with Gasteiger partial charge in [0.1, 0.15) is 13.6 Å². The van der Waals surface area contributed by atoms with Crippen molar-refractivity contribution in [2.75, 3.05) is 0 Å². The van der Waals surface area contributed by atoms with Gasteiger partial charge >= 0.3 is 0 Å². The molecule has 0 bridgehead atoms. The summed E-state index contributed by atoms with van der Waals surface area (Å²) in [5, 5.41) is 20.2. The van der Waals surface area contributed by atoms with Crippen molar-refractivity contribution in [3.8, 4) is 5.75 Å². The van der Waals surface area contributed by atoms with Crippen molar-refractivity contribution in [1.82, 2.24) is 0 Å². The molecule has 0 aromatic heterocycles. The molecule has 0 saturated heterocycles. The Hall–Kier alpha value is -0.955. The molecular weight excluding hydrogens is 259 g/mol. The number of aliphatic hydroxyl groups excluding tert-OH is 1. The van der Waals surface area contributed by atoms with Crippen LogP contribution in [-0.2, 0) is 6.42 Å². The lowest BCUT2D eigenvalue weighted by molar-refractivity contribution is -0.0226. The van der Waals surface area contributed by atoms with E-state index < -0.39 is 0 Å². The zero-order chi connectivity index (χ0) is 14.8. The lowest BCUT2D eigenvalue weighted by Crippen LogP contribution is -2.44. The monoisotopic (exact) mass is 282 g/mol. The van der Waals surface area contributed by atoms with Crippen LogP contribution in [0, 0.1) is 17.3 Å². The molecule has 5 atom stereocenters. The molecule has 0 spiro atoms. The number of phenolic OH excluding ortho intramolecular Hbond substituents is 1. The number of benzene rings is 1. The van der Waals surface area contributed by atoms with Crippen LogP contribution in [0.15, 0.2) is 12.1 Å². The molecule has 3 unspecified atom stereocenters. The molecule has 21 heavy (non-hydrogen) atoms. The summed E-state index contributed by atoms with van der Waals surface area (Å²) >= 11 is 0. The first-order valence-electron chi connectivity index (χ1n) is 8.30. The molecule has 3 aliphatic carbocycles. The summed E-state index contributed by atoms with van der Waals surface area (Å²) in [6, 6.07) is 3.88. The van der Waals surface area contributed by atoms with Gasteiger partial charge in [0.2, 0.25) is 0 Å². The third-order valence-electron chi connectivity index (χ3n) is 6.82. The number of aromatic hydroxyl groups is 1. The number of rotatable bonds is 0. The molecule has 1 aromatic carbocycles. The van der Waals surface area contributed by atoms with Crippen molar-refractivity contribution in [3.63, 3.8) is 0 Å². The average molecular weight is 282 g/mol. The van der Waals surface area contributed by atoms with E-state index in [1.807, 2.05) is 12.1 Å². The summed E-state index contributed by atoms with van der Waals surface area (Å²) in [5.74, 6) is 2.12. The van der Waals surface area contributed by atoms with Crippen molar-refractivity contribution in [2.24, 2.45) is 17.3 Å². The number of phenols is 1. The molecule has 1 aromatic rings. The van der Waals surface area contributed by atoms with Crippen LogP contribution in [0.3, 0.4) is 0 Å². The Morgan fingerprint density at radius 1 is 1.19 bits per heavy atom. The molecule has 0 heterocycles. The lowest BCUT2D eigenvalue weighted by Gasteiger charge is -2.50. The van der Waals surface area contributed by atoms with Crippen molar-refractivity contribution in [2.45, 2.75) is 57.5 Å². The second-order valence-electron chi connectivity index (χ2n) is 7.66. The Labute approximate surface area is 128 Å². The molecule has 110 valence electrons. The van der Waals surface area contributed by atoms with Gasteiger partial charge in [0, 0.05) is 0 Å². The highest BCUT2D eigenvalue weighted by molar-refractivity contribution is 6.34. The second-order valence-corrected chi connectivity index (χ2v) is 7.66. The fourth-order valence-electron chi connectivity index (χ4n) is 5.60. The number of hydrogen-bond acceptors (Lipinski definition) is 2. The molecule has 3 aliphatic rings. The summed E-state index contributed by atoms with van der Waals surface area (Å²) in [7, 11) is 5.93. The molecule has 2 nitrogen and oxygen atoms in total. The van der Waals surface area contributed by atoms with Gasteiger partial charge in [-0.05, 0) is 78.9 Å². The van der Waals surface area contributed by atoms with E-state index in [4.69, 9.17) is 7.85 Å². The van der Waals surface area contributed by atoms with Crippen LogP contribution in [0.25, 0.3) is 0 Å². The Kier molecular flexibility index (Phi) is 2.95. The SMILES string of the molecule is [B]c1cc2c(cc1O)CCC1C2CC[C@@]2(C)C1CC[C@@H]2O. The van der Waals surface area contributed by atoms with E-state index in [0.29, 0.717) is 23.2 Å². The van der Waals surface area contributed by atoms with Gasteiger partial charge in [0.25, 0.3) is 0 Å². The van der Waals surface area contributed by atoms with Crippen molar-refractivity contribution in [1.29, 1.82) is 0 Å². The topological polar surface area (TPSA) is 40.5 Å². The molecule has 2 radical (unpaired) electrons. The van der Waals surface area contributed by atoms with Crippen LogP contribution in [0.2, 0.25) is 0 Å². The van der Waals surface area contributed by atoms with Crippen LogP contribution in [0.4, 0.5) is 0 Å². The molecule has 3 heteroatoms. The van der Waals surface area contributed by atoms with E-state index >= 15 is 0 Å². The maximum absolute atomic E-state index is 10.4. The van der Waals surface area contributed by atoms with Crippen LogP contribution >= 0.6 is 0 Å². The Balaban J connectivity index is 1.73. The number of aliphatic hydroxyl groups is 1. The smallest absolute Gasteiger partial charge is 0.119 e. The highest BCUT2D eigenvalue weighted by Gasteiger charge is 2.54. The van der Waals surface area contributed by atoms with Crippen LogP contribution < -0.4 is 5.46 Å². The van der Waals surface area contributed by atoms with Gasteiger partial charge in [-0.2, -0.15) is 0 Å². The van der Waals surface area contributed by atoms with E-state index in [9.17, 15) is 10.2 Å². The predicted molar refractivity (Wildman–Crippen MR) is 84.1 cm³/mol. The quantitative estimate of drug-likeness (QED) is 0.717. The molecule has 0 amide bonds. The standard InChI is InChI=1S/C18H23BO2/c1-18-7-6-11-12(14(18)4-5-17(18)21)3-2-10-8-16(20)15(19)9-13(10)11/h8-9,11-12,14,17,20-21H,2-7H2,1H3/t11?,12?,14?,17-,18-/m0/s1. The Bertz CT molecular complexity index is 585. The minimum atomic E-state index is -0.116. The van der Waals surface area contributed by atoms with Crippen molar-refractivity contribution < 1.29 is 10.2 Å². The van der Waals surface area contributed by atoms with Gasteiger partial charge in [-0.3, -0.25) is 0 Å². The average Bonchev–Trinajstić information content (AvgIpc) is 2.76. The van der Waals surface area contributed by atoms with Crippen LogP contribution in [0.1, 0.15) is 56.1 Å². The molecular formula is C18H23BO2. The summed E-state index contributed by atoms with van der Waals surface area (Å²) < 4.78 is 0. The summed E-state index contributed by atoms with van der Waals surface area (Å²) in [6.45, 7) is 2.30. The largest absolute Gasteiger partial charge is 0.509 e. The van der Waals surface area contributed by atoms with Gasteiger partial charge in [-0.15, -0.1) is 0 Å². The minimum absolute atomic E-state index is 0.116. The maximum Gasteiger partial charge on any atom is 0.119 e. The zero-order valence-corrected chi connectivity index (χ0v) is 12.7. The third kappa shape index (κ3) is 1.83. The first-order valence-corrected chi connectivity index (χ1v) is 8.30. The number of hydrogen-bond donors (Lipinski definition) is 2. The van der Waals surface area contributed by atoms with Crippen LogP contribution in [0.5, 0.6) is 5.75 Å². The highest BCUT2D eigenvalue weighted by atomic mass is 16.3. The summed E-state index contributed by atoms with van der Waals surface area (Å²) in [4.78, 5) is 0. The Morgan fingerprint density at radius 3 is 2.81 bits per heavy atom. The number of fused-ring (bicyclic) bond motifs is 5. The van der Waals surface area contributed by atoms with Gasteiger partial charge in [0.05, 0.1) is 6.10 Å². The highest BCUT2D eigenvalue weighted by Crippen LogP contribution is 2.60. The van der Waals surface area contributed by atoms with Gasteiger partial charge in [-0.1, -0.05) is 18.5 Å². The predicted octanol–water partition coefficient (Wildman–Crippen LogP) is 2.40. The summed E-state index contributed by atoms with van der Waals surface area (Å²) in [5.41, 5.74) is 3.28. The van der Waals surface area contributed by atoms with Gasteiger partial charge < -0.3 is 10.2 Å². The normalized spacial score (nSPS) is 41.2. The van der Waals surface area contributed by atoms with Crippen molar-refractivity contribution in [3.05, 3.63) is 23.3 Å². The molecule has 2 N–H and O–H groups in total.